The number of nitrogens with one attached hydrogen (secondary N) is 1. The van der Waals surface area contributed by atoms with Crippen LogP contribution >= 0.6 is 23.2 Å². The molecule has 2 aromatic carbocycles. The summed E-state index contributed by atoms with van der Waals surface area (Å²) in [6.07, 6.45) is 1.42. The standard InChI is InChI=1S/C23H16Cl2FN3O2/c1-13-21(22(30)23(31)28-17-8-9-27-20(25)11-17)18-10-16(26)6-7-19(18)29(13)12-14-2-4-15(24)5-3-14/h2-11H,12H2,1H3,(H,27,28,31). The Morgan fingerprint density at radius 3 is 2.52 bits per heavy atom. The molecule has 0 saturated heterocycles. The van der Waals surface area contributed by atoms with Crippen LogP contribution in [-0.2, 0) is 11.3 Å². The van der Waals surface area contributed by atoms with Crippen molar-refractivity contribution < 1.29 is 14.0 Å². The number of anilines is 1. The fraction of sp³-hybridized carbons (Fsp3) is 0.0870. The number of aromatic nitrogens is 2. The highest BCUT2D eigenvalue weighted by Crippen LogP contribution is 2.29. The van der Waals surface area contributed by atoms with Crippen LogP contribution in [0.2, 0.25) is 10.2 Å². The van der Waals surface area contributed by atoms with Gasteiger partial charge in [-0.25, -0.2) is 9.37 Å². The lowest BCUT2D eigenvalue weighted by molar-refractivity contribution is -0.112. The Morgan fingerprint density at radius 2 is 1.81 bits per heavy atom. The number of carbonyl (C=O) groups is 2. The molecule has 156 valence electrons. The van der Waals surface area contributed by atoms with E-state index < -0.39 is 17.5 Å². The lowest BCUT2D eigenvalue weighted by Gasteiger charge is -2.09. The van der Waals surface area contributed by atoms with E-state index in [0.717, 1.165) is 5.56 Å². The number of hydrogen-bond donors (Lipinski definition) is 1. The van der Waals surface area contributed by atoms with E-state index in [9.17, 15) is 14.0 Å². The third kappa shape index (κ3) is 4.31. The van der Waals surface area contributed by atoms with E-state index in [-0.39, 0.29) is 10.7 Å². The van der Waals surface area contributed by atoms with Gasteiger partial charge in [0.1, 0.15) is 11.0 Å². The molecule has 0 spiro atoms. The lowest BCUT2D eigenvalue weighted by Crippen LogP contribution is -2.23. The number of pyridine rings is 1. The predicted octanol–water partition coefficient (Wildman–Crippen LogP) is 5.66. The largest absolute Gasteiger partial charge is 0.340 e. The van der Waals surface area contributed by atoms with Crippen molar-refractivity contribution in [2.24, 2.45) is 0 Å². The quantitative estimate of drug-likeness (QED) is 0.240. The maximum atomic E-state index is 14.0. The van der Waals surface area contributed by atoms with Crippen molar-refractivity contribution in [1.82, 2.24) is 9.55 Å². The first kappa shape index (κ1) is 21.0. The highest BCUT2D eigenvalue weighted by molar-refractivity contribution is 6.48. The zero-order valence-electron chi connectivity index (χ0n) is 16.3. The van der Waals surface area contributed by atoms with Crippen molar-refractivity contribution in [3.05, 3.63) is 93.6 Å². The van der Waals surface area contributed by atoms with Crippen LogP contribution in [0.15, 0.2) is 60.8 Å². The molecule has 4 rings (SSSR count). The molecule has 0 bridgehead atoms. The number of halogens is 3. The van der Waals surface area contributed by atoms with Crippen LogP contribution in [0.3, 0.4) is 0 Å². The second-order valence-electron chi connectivity index (χ2n) is 6.98. The number of ketones is 1. The van der Waals surface area contributed by atoms with Gasteiger partial charge in [0.15, 0.2) is 0 Å². The Balaban J connectivity index is 1.75. The molecule has 0 unspecified atom stereocenters. The number of benzene rings is 2. The fourth-order valence-electron chi connectivity index (χ4n) is 3.50. The molecule has 0 radical (unpaired) electrons. The normalized spacial score (nSPS) is 11.0. The number of carbonyl (C=O) groups excluding carboxylic acids is 2. The van der Waals surface area contributed by atoms with Gasteiger partial charge in [0.25, 0.3) is 11.7 Å². The maximum absolute atomic E-state index is 14.0. The summed E-state index contributed by atoms with van der Waals surface area (Å²) >= 11 is 11.8. The number of hydrogen-bond acceptors (Lipinski definition) is 3. The second-order valence-corrected chi connectivity index (χ2v) is 7.81. The molecule has 31 heavy (non-hydrogen) atoms. The third-order valence-corrected chi connectivity index (χ3v) is 5.42. The SMILES string of the molecule is Cc1c(C(=O)C(=O)Nc2ccnc(Cl)c2)c2cc(F)ccc2n1Cc1ccc(Cl)cc1. The van der Waals surface area contributed by atoms with E-state index in [0.29, 0.717) is 33.9 Å². The molecule has 8 heteroatoms. The second kappa shape index (κ2) is 8.49. The first-order chi connectivity index (χ1) is 14.8. The summed E-state index contributed by atoms with van der Waals surface area (Å²) in [5.41, 5.74) is 2.65. The summed E-state index contributed by atoms with van der Waals surface area (Å²) in [5.74, 6) is -2.11. The highest BCUT2D eigenvalue weighted by Gasteiger charge is 2.26. The third-order valence-electron chi connectivity index (χ3n) is 4.96. The van der Waals surface area contributed by atoms with Gasteiger partial charge in [-0.1, -0.05) is 35.3 Å². The predicted molar refractivity (Wildman–Crippen MR) is 119 cm³/mol. The summed E-state index contributed by atoms with van der Waals surface area (Å²) < 4.78 is 15.9. The Bertz CT molecular complexity index is 1320. The van der Waals surface area contributed by atoms with Gasteiger partial charge >= 0.3 is 0 Å². The highest BCUT2D eigenvalue weighted by atomic mass is 35.5. The molecule has 0 aliphatic rings. The zero-order chi connectivity index (χ0) is 22.1. The van der Waals surface area contributed by atoms with Crippen LogP contribution in [0, 0.1) is 12.7 Å². The van der Waals surface area contributed by atoms with Gasteiger partial charge in [-0.3, -0.25) is 9.59 Å². The monoisotopic (exact) mass is 455 g/mol. The smallest absolute Gasteiger partial charge is 0.296 e. The van der Waals surface area contributed by atoms with Gasteiger partial charge in [0.2, 0.25) is 0 Å². The summed E-state index contributed by atoms with van der Waals surface area (Å²) in [6.45, 7) is 2.16. The Kier molecular flexibility index (Phi) is 5.76. The number of rotatable bonds is 5. The molecule has 0 saturated carbocycles. The minimum atomic E-state index is -0.847. The maximum Gasteiger partial charge on any atom is 0.296 e. The van der Waals surface area contributed by atoms with E-state index in [2.05, 4.69) is 10.3 Å². The number of Topliss-reactive ketones (excluding diaryl/α,β-unsaturated/α-hetero) is 1. The summed E-state index contributed by atoms with van der Waals surface area (Å²) in [5, 5.41) is 3.69. The molecule has 0 fully saturated rings. The fourth-order valence-corrected chi connectivity index (χ4v) is 3.80. The van der Waals surface area contributed by atoms with Crippen LogP contribution < -0.4 is 5.32 Å². The molecular formula is C23H16Cl2FN3O2. The van der Waals surface area contributed by atoms with Crippen LogP contribution in [0.4, 0.5) is 10.1 Å². The lowest BCUT2D eigenvalue weighted by atomic mass is 10.1. The van der Waals surface area contributed by atoms with E-state index in [1.165, 1.54) is 30.5 Å². The summed E-state index contributed by atoms with van der Waals surface area (Å²) in [7, 11) is 0. The Hall–Kier alpha value is -3.22. The molecule has 0 atom stereocenters. The van der Waals surface area contributed by atoms with Gasteiger partial charge in [-0.05, 0) is 55.0 Å². The van der Waals surface area contributed by atoms with Crippen molar-refractivity contribution in [2.45, 2.75) is 13.5 Å². The minimum absolute atomic E-state index is 0.154. The number of amides is 1. The first-order valence-corrected chi connectivity index (χ1v) is 10.1. The summed E-state index contributed by atoms with van der Waals surface area (Å²) in [6, 6.07) is 14.4. The van der Waals surface area contributed by atoms with E-state index in [1.807, 2.05) is 16.7 Å². The molecule has 2 aromatic heterocycles. The molecule has 0 aliphatic heterocycles. The Labute approximate surface area is 187 Å². The molecule has 4 aromatic rings. The van der Waals surface area contributed by atoms with Gasteiger partial charge in [0, 0.05) is 40.0 Å². The topological polar surface area (TPSA) is 64.0 Å². The minimum Gasteiger partial charge on any atom is -0.340 e. The van der Waals surface area contributed by atoms with Crippen molar-refractivity contribution in [1.29, 1.82) is 0 Å². The van der Waals surface area contributed by atoms with Gasteiger partial charge in [-0.15, -0.1) is 0 Å². The number of nitrogens with zero attached hydrogens (tertiary/aromatic N) is 2. The average molecular weight is 456 g/mol. The molecular weight excluding hydrogens is 440 g/mol. The molecule has 0 aliphatic carbocycles. The van der Waals surface area contributed by atoms with E-state index in [4.69, 9.17) is 23.2 Å². The van der Waals surface area contributed by atoms with Gasteiger partial charge in [-0.2, -0.15) is 0 Å². The van der Waals surface area contributed by atoms with Crippen LogP contribution in [0.25, 0.3) is 10.9 Å². The molecule has 1 N–H and O–H groups in total. The zero-order valence-corrected chi connectivity index (χ0v) is 17.8. The molecule has 5 nitrogen and oxygen atoms in total. The first-order valence-electron chi connectivity index (χ1n) is 9.33. The summed E-state index contributed by atoms with van der Waals surface area (Å²) in [4.78, 5) is 29.6. The van der Waals surface area contributed by atoms with E-state index in [1.54, 1.807) is 25.1 Å². The van der Waals surface area contributed by atoms with Crippen molar-refractivity contribution in [3.63, 3.8) is 0 Å². The van der Waals surface area contributed by atoms with Crippen LogP contribution in [0.5, 0.6) is 0 Å². The van der Waals surface area contributed by atoms with Gasteiger partial charge in [0.05, 0.1) is 5.56 Å². The molecule has 1 amide bonds. The molecule has 2 heterocycles. The van der Waals surface area contributed by atoms with Crippen LogP contribution in [0.1, 0.15) is 21.6 Å². The number of fused-ring (bicyclic) bond motifs is 1. The Morgan fingerprint density at radius 1 is 1.06 bits per heavy atom. The van der Waals surface area contributed by atoms with Crippen molar-refractivity contribution in [2.75, 3.05) is 5.32 Å². The van der Waals surface area contributed by atoms with E-state index >= 15 is 0 Å². The van der Waals surface area contributed by atoms with Crippen molar-refractivity contribution >= 4 is 51.5 Å². The average Bonchev–Trinajstić information content (AvgIpc) is 2.99. The van der Waals surface area contributed by atoms with Gasteiger partial charge < -0.3 is 9.88 Å². The van der Waals surface area contributed by atoms with Crippen LogP contribution in [-0.4, -0.2) is 21.2 Å². The van der Waals surface area contributed by atoms with Crippen molar-refractivity contribution in [3.8, 4) is 0 Å².